The lowest BCUT2D eigenvalue weighted by Crippen LogP contribution is -2.27. The van der Waals surface area contributed by atoms with Gasteiger partial charge in [-0.15, -0.1) is 0 Å². The summed E-state index contributed by atoms with van der Waals surface area (Å²) in [5, 5.41) is 6.94. The highest BCUT2D eigenvalue weighted by Gasteiger charge is 2.22. The minimum atomic E-state index is -0.493. The van der Waals surface area contributed by atoms with Gasteiger partial charge in [0.15, 0.2) is 0 Å². The van der Waals surface area contributed by atoms with Crippen LogP contribution in [0.1, 0.15) is 30.4 Å². The Bertz CT molecular complexity index is 993. The minimum Gasteiger partial charge on any atom is -0.497 e. The van der Waals surface area contributed by atoms with Crippen molar-refractivity contribution in [3.63, 3.8) is 0 Å². The van der Waals surface area contributed by atoms with Crippen LogP contribution in [0.3, 0.4) is 0 Å². The van der Waals surface area contributed by atoms with Crippen molar-refractivity contribution in [2.24, 2.45) is 5.10 Å². The molecule has 3 aromatic rings. The quantitative estimate of drug-likeness (QED) is 0.424. The van der Waals surface area contributed by atoms with Crippen LogP contribution >= 0.6 is 0 Å². The standard InChI is InChI=1S/C25H25N3O3/c1-18(17-23(29)26-21-13-15-22(31-2)16-14-21)27-28-25(30)24(19-9-5-3-6-10-19)20-11-7-4-8-12-20/h3-16,24H,17H2,1-2H3,(H,26,29)(H,28,30)/b27-18+. The van der Waals surface area contributed by atoms with Crippen LogP contribution < -0.4 is 15.5 Å². The van der Waals surface area contributed by atoms with E-state index in [2.05, 4.69) is 15.8 Å². The highest BCUT2D eigenvalue weighted by molar-refractivity contribution is 6.05. The molecule has 0 spiro atoms. The second kappa shape index (κ2) is 10.7. The molecule has 6 nitrogen and oxygen atoms in total. The number of ether oxygens (including phenoxy) is 1. The number of methoxy groups -OCH3 is 1. The van der Waals surface area contributed by atoms with Crippen LogP contribution in [0, 0.1) is 0 Å². The van der Waals surface area contributed by atoms with Crippen LogP contribution in [0.25, 0.3) is 0 Å². The van der Waals surface area contributed by atoms with Crippen molar-refractivity contribution in [3.05, 3.63) is 96.1 Å². The molecule has 0 saturated carbocycles. The zero-order valence-corrected chi connectivity index (χ0v) is 17.5. The van der Waals surface area contributed by atoms with Gasteiger partial charge >= 0.3 is 0 Å². The summed E-state index contributed by atoms with van der Waals surface area (Å²) in [7, 11) is 1.59. The first-order valence-electron chi connectivity index (χ1n) is 9.93. The van der Waals surface area contributed by atoms with Gasteiger partial charge in [0, 0.05) is 11.4 Å². The van der Waals surface area contributed by atoms with Crippen LogP contribution in [0.5, 0.6) is 5.75 Å². The first kappa shape index (κ1) is 21.8. The average molecular weight is 415 g/mol. The van der Waals surface area contributed by atoms with E-state index in [4.69, 9.17) is 4.74 Å². The molecular weight excluding hydrogens is 390 g/mol. The molecule has 0 aliphatic carbocycles. The summed E-state index contributed by atoms with van der Waals surface area (Å²) in [5.74, 6) is -0.257. The van der Waals surface area contributed by atoms with Gasteiger partial charge in [0.25, 0.3) is 5.91 Å². The highest BCUT2D eigenvalue weighted by Crippen LogP contribution is 2.24. The summed E-state index contributed by atoms with van der Waals surface area (Å²) < 4.78 is 5.10. The van der Waals surface area contributed by atoms with Gasteiger partial charge in [0.05, 0.1) is 19.4 Å². The molecule has 158 valence electrons. The van der Waals surface area contributed by atoms with Crippen LogP contribution in [-0.4, -0.2) is 24.6 Å². The molecule has 3 rings (SSSR count). The first-order chi connectivity index (χ1) is 15.1. The van der Waals surface area contributed by atoms with Crippen LogP contribution in [0.4, 0.5) is 5.69 Å². The van der Waals surface area contributed by atoms with Gasteiger partial charge in [0.1, 0.15) is 5.75 Å². The van der Waals surface area contributed by atoms with Gasteiger partial charge in [-0.2, -0.15) is 5.10 Å². The number of hydrogen-bond donors (Lipinski definition) is 2. The fourth-order valence-corrected chi connectivity index (χ4v) is 3.15. The number of carbonyl (C=O) groups is 2. The number of nitrogens with zero attached hydrogens (tertiary/aromatic N) is 1. The van der Waals surface area contributed by atoms with E-state index < -0.39 is 5.92 Å². The molecule has 0 radical (unpaired) electrons. The maximum atomic E-state index is 13.0. The largest absolute Gasteiger partial charge is 0.497 e. The Labute approximate surface area is 182 Å². The molecule has 0 aliphatic heterocycles. The Morgan fingerprint density at radius 3 is 1.94 bits per heavy atom. The van der Waals surface area contributed by atoms with Crippen molar-refractivity contribution < 1.29 is 14.3 Å². The molecule has 0 atom stereocenters. The van der Waals surface area contributed by atoms with E-state index in [9.17, 15) is 9.59 Å². The molecule has 0 bridgehead atoms. The molecule has 2 N–H and O–H groups in total. The molecule has 2 amide bonds. The number of hydrazone groups is 1. The van der Waals surface area contributed by atoms with E-state index in [-0.39, 0.29) is 18.2 Å². The van der Waals surface area contributed by atoms with Gasteiger partial charge < -0.3 is 10.1 Å². The number of anilines is 1. The lowest BCUT2D eigenvalue weighted by molar-refractivity contribution is -0.121. The number of rotatable bonds is 8. The summed E-state index contributed by atoms with van der Waals surface area (Å²) in [6.07, 6.45) is 0.0631. The number of nitrogens with one attached hydrogen (secondary N) is 2. The normalized spacial score (nSPS) is 11.1. The van der Waals surface area contributed by atoms with E-state index in [1.54, 1.807) is 38.3 Å². The molecule has 0 saturated heterocycles. The molecule has 0 aromatic heterocycles. The third-order valence-electron chi connectivity index (χ3n) is 4.68. The second-order valence-corrected chi connectivity index (χ2v) is 7.03. The smallest absolute Gasteiger partial charge is 0.252 e. The Morgan fingerprint density at radius 1 is 0.871 bits per heavy atom. The van der Waals surface area contributed by atoms with Crippen molar-refractivity contribution in [2.45, 2.75) is 19.3 Å². The lowest BCUT2D eigenvalue weighted by atomic mass is 9.91. The van der Waals surface area contributed by atoms with Crippen LogP contribution in [0.15, 0.2) is 90.0 Å². The van der Waals surface area contributed by atoms with E-state index in [0.29, 0.717) is 17.1 Å². The number of benzene rings is 3. The summed E-state index contributed by atoms with van der Waals surface area (Å²) >= 11 is 0. The Balaban J connectivity index is 1.64. The van der Waals surface area contributed by atoms with Crippen molar-refractivity contribution in [1.82, 2.24) is 5.43 Å². The molecule has 0 fully saturated rings. The molecule has 0 unspecified atom stereocenters. The summed E-state index contributed by atoms with van der Waals surface area (Å²) in [6.45, 7) is 1.70. The van der Waals surface area contributed by atoms with Crippen LogP contribution in [-0.2, 0) is 9.59 Å². The summed E-state index contributed by atoms with van der Waals surface area (Å²) in [5.41, 5.74) is 5.52. The second-order valence-electron chi connectivity index (χ2n) is 7.03. The molecule has 31 heavy (non-hydrogen) atoms. The van der Waals surface area contributed by atoms with Gasteiger partial charge in [-0.1, -0.05) is 60.7 Å². The molecule has 6 heteroatoms. The first-order valence-corrected chi connectivity index (χ1v) is 9.93. The molecule has 3 aromatic carbocycles. The Kier molecular flexibility index (Phi) is 7.54. The summed E-state index contributed by atoms with van der Waals surface area (Å²) in [6, 6.07) is 26.1. The summed E-state index contributed by atoms with van der Waals surface area (Å²) in [4.78, 5) is 25.2. The van der Waals surface area contributed by atoms with E-state index in [1.807, 2.05) is 60.7 Å². The zero-order chi connectivity index (χ0) is 22.1. The van der Waals surface area contributed by atoms with Gasteiger partial charge in [-0.3, -0.25) is 9.59 Å². The maximum Gasteiger partial charge on any atom is 0.252 e. The number of carbonyl (C=O) groups excluding carboxylic acids is 2. The van der Waals surface area contributed by atoms with E-state index in [0.717, 1.165) is 11.1 Å². The van der Waals surface area contributed by atoms with E-state index >= 15 is 0 Å². The molecule has 0 aliphatic rings. The zero-order valence-electron chi connectivity index (χ0n) is 17.5. The average Bonchev–Trinajstić information content (AvgIpc) is 2.80. The SMILES string of the molecule is COc1ccc(NC(=O)C/C(C)=N/NC(=O)C(c2ccccc2)c2ccccc2)cc1. The molecular formula is C25H25N3O3. The van der Waals surface area contributed by atoms with Gasteiger partial charge in [-0.25, -0.2) is 5.43 Å². The number of hydrogen-bond acceptors (Lipinski definition) is 4. The maximum absolute atomic E-state index is 13.0. The number of amides is 2. The topological polar surface area (TPSA) is 79.8 Å². The fraction of sp³-hybridized carbons (Fsp3) is 0.160. The van der Waals surface area contributed by atoms with Crippen molar-refractivity contribution in [3.8, 4) is 5.75 Å². The van der Waals surface area contributed by atoms with Gasteiger partial charge in [-0.05, 0) is 42.3 Å². The third-order valence-corrected chi connectivity index (χ3v) is 4.68. The Morgan fingerprint density at radius 2 is 1.42 bits per heavy atom. The predicted molar refractivity (Wildman–Crippen MR) is 122 cm³/mol. The van der Waals surface area contributed by atoms with Crippen LogP contribution in [0.2, 0.25) is 0 Å². The molecule has 0 heterocycles. The van der Waals surface area contributed by atoms with Gasteiger partial charge in [0.2, 0.25) is 5.91 Å². The third kappa shape index (κ3) is 6.27. The van der Waals surface area contributed by atoms with E-state index in [1.165, 1.54) is 0 Å². The highest BCUT2D eigenvalue weighted by atomic mass is 16.5. The van der Waals surface area contributed by atoms with Crippen molar-refractivity contribution in [2.75, 3.05) is 12.4 Å². The fourth-order valence-electron chi connectivity index (χ4n) is 3.15. The predicted octanol–water partition coefficient (Wildman–Crippen LogP) is 4.35. The Hall–Kier alpha value is -3.93. The lowest BCUT2D eigenvalue weighted by Gasteiger charge is -2.16. The van der Waals surface area contributed by atoms with Crippen molar-refractivity contribution in [1.29, 1.82) is 0 Å². The van der Waals surface area contributed by atoms with Crippen molar-refractivity contribution >= 4 is 23.2 Å². The minimum absolute atomic E-state index is 0.0631. The monoisotopic (exact) mass is 415 g/mol.